The van der Waals surface area contributed by atoms with E-state index in [0.29, 0.717) is 19.1 Å². The number of rotatable bonds is 10. The maximum absolute atomic E-state index is 11.9. The largest absolute Gasteiger partial charge is 0.480 e. The number of carbonyl (C=O) groups is 2. The Kier molecular flexibility index (Phi) is 9.25. The number of morpholine rings is 1. The average Bonchev–Trinajstić information content (AvgIpc) is 2.52. The summed E-state index contributed by atoms with van der Waals surface area (Å²) in [6.45, 7) is 12.1. The molecular formula is C17H33N3O4. The SMILES string of the molecule is CC[C@H](C)[C@H](NCC(=O)NCC1CN(CC(C)C)CCO1)C(=O)O. The van der Waals surface area contributed by atoms with Crippen molar-refractivity contribution >= 4 is 11.9 Å². The van der Waals surface area contributed by atoms with E-state index in [1.807, 2.05) is 13.8 Å². The van der Waals surface area contributed by atoms with Crippen molar-refractivity contribution in [3.63, 3.8) is 0 Å². The van der Waals surface area contributed by atoms with Crippen molar-refractivity contribution in [2.75, 3.05) is 39.3 Å². The van der Waals surface area contributed by atoms with Gasteiger partial charge in [-0.05, 0) is 11.8 Å². The number of ether oxygens (including phenoxy) is 1. The number of amides is 1. The minimum Gasteiger partial charge on any atom is -0.480 e. The Morgan fingerprint density at radius 2 is 2.04 bits per heavy atom. The summed E-state index contributed by atoms with van der Waals surface area (Å²) in [6, 6.07) is -0.701. The Balaban J connectivity index is 2.31. The summed E-state index contributed by atoms with van der Waals surface area (Å²) in [5, 5.41) is 14.9. The molecule has 3 N–H and O–H groups in total. The van der Waals surface area contributed by atoms with Crippen LogP contribution in [-0.4, -0.2) is 73.4 Å². The lowest BCUT2D eigenvalue weighted by atomic mass is 9.99. The molecule has 0 aromatic carbocycles. The van der Waals surface area contributed by atoms with Crippen LogP contribution in [-0.2, 0) is 14.3 Å². The molecule has 1 saturated heterocycles. The van der Waals surface area contributed by atoms with Crippen LogP contribution in [0, 0.1) is 11.8 Å². The zero-order valence-corrected chi connectivity index (χ0v) is 15.4. The van der Waals surface area contributed by atoms with Gasteiger partial charge in [0, 0.05) is 26.2 Å². The van der Waals surface area contributed by atoms with Gasteiger partial charge in [0.25, 0.3) is 0 Å². The van der Waals surface area contributed by atoms with Gasteiger partial charge in [0.1, 0.15) is 6.04 Å². The number of carboxylic acid groups (broad SMARTS) is 1. The third-order valence-corrected chi connectivity index (χ3v) is 4.33. The normalized spacial score (nSPS) is 21.5. The van der Waals surface area contributed by atoms with Gasteiger partial charge in [0.15, 0.2) is 0 Å². The molecule has 0 saturated carbocycles. The summed E-state index contributed by atoms with van der Waals surface area (Å²) < 4.78 is 5.69. The lowest BCUT2D eigenvalue weighted by molar-refractivity contribution is -0.141. The first kappa shape index (κ1) is 20.9. The summed E-state index contributed by atoms with van der Waals surface area (Å²) in [5.41, 5.74) is 0. The highest BCUT2D eigenvalue weighted by Crippen LogP contribution is 2.08. The highest BCUT2D eigenvalue weighted by molar-refractivity contribution is 5.80. The van der Waals surface area contributed by atoms with Crippen LogP contribution in [0.5, 0.6) is 0 Å². The van der Waals surface area contributed by atoms with Crippen LogP contribution < -0.4 is 10.6 Å². The molecule has 0 aromatic heterocycles. The van der Waals surface area contributed by atoms with E-state index >= 15 is 0 Å². The van der Waals surface area contributed by atoms with E-state index in [2.05, 4.69) is 29.4 Å². The van der Waals surface area contributed by atoms with Crippen LogP contribution >= 0.6 is 0 Å². The van der Waals surface area contributed by atoms with Gasteiger partial charge in [-0.3, -0.25) is 19.8 Å². The van der Waals surface area contributed by atoms with Gasteiger partial charge in [0.05, 0.1) is 19.3 Å². The molecule has 1 rings (SSSR count). The van der Waals surface area contributed by atoms with Gasteiger partial charge >= 0.3 is 5.97 Å². The van der Waals surface area contributed by atoms with Crippen molar-refractivity contribution in [1.82, 2.24) is 15.5 Å². The third-order valence-electron chi connectivity index (χ3n) is 4.33. The van der Waals surface area contributed by atoms with Gasteiger partial charge in [-0.25, -0.2) is 0 Å². The fourth-order valence-corrected chi connectivity index (χ4v) is 2.85. The topological polar surface area (TPSA) is 90.9 Å². The molecule has 1 aliphatic rings. The second kappa shape index (κ2) is 10.6. The van der Waals surface area contributed by atoms with Crippen molar-refractivity contribution in [3.8, 4) is 0 Å². The van der Waals surface area contributed by atoms with Crippen LogP contribution in [0.15, 0.2) is 0 Å². The molecule has 0 aromatic rings. The molecule has 7 nitrogen and oxygen atoms in total. The lowest BCUT2D eigenvalue weighted by Gasteiger charge is -2.34. The number of nitrogens with zero attached hydrogens (tertiary/aromatic N) is 1. The van der Waals surface area contributed by atoms with Crippen molar-refractivity contribution < 1.29 is 19.4 Å². The Morgan fingerprint density at radius 3 is 2.62 bits per heavy atom. The maximum atomic E-state index is 11.9. The lowest BCUT2D eigenvalue weighted by Crippen LogP contribution is -2.50. The zero-order chi connectivity index (χ0) is 18.1. The highest BCUT2D eigenvalue weighted by atomic mass is 16.5. The summed E-state index contributed by atoms with van der Waals surface area (Å²) >= 11 is 0. The molecular weight excluding hydrogens is 310 g/mol. The smallest absolute Gasteiger partial charge is 0.320 e. The number of nitrogens with one attached hydrogen (secondary N) is 2. The minimum absolute atomic E-state index is 0.00371. The van der Waals surface area contributed by atoms with E-state index in [4.69, 9.17) is 4.74 Å². The third kappa shape index (κ3) is 7.59. The quantitative estimate of drug-likeness (QED) is 0.537. The zero-order valence-electron chi connectivity index (χ0n) is 15.4. The Morgan fingerprint density at radius 1 is 1.33 bits per heavy atom. The fraction of sp³-hybridized carbons (Fsp3) is 0.882. The van der Waals surface area contributed by atoms with Gasteiger partial charge < -0.3 is 15.2 Å². The van der Waals surface area contributed by atoms with Crippen LogP contribution in [0.4, 0.5) is 0 Å². The molecule has 0 radical (unpaired) electrons. The molecule has 1 amide bonds. The predicted octanol–water partition coefficient (Wildman–Crippen LogP) is 0.548. The number of hydrogen-bond acceptors (Lipinski definition) is 5. The van der Waals surface area contributed by atoms with Crippen molar-refractivity contribution in [1.29, 1.82) is 0 Å². The van der Waals surface area contributed by atoms with Crippen LogP contribution in [0.25, 0.3) is 0 Å². The first-order chi connectivity index (χ1) is 11.3. The molecule has 0 aliphatic carbocycles. The Hall–Kier alpha value is -1.18. The fourth-order valence-electron chi connectivity index (χ4n) is 2.85. The first-order valence-electron chi connectivity index (χ1n) is 8.90. The Labute approximate surface area is 145 Å². The van der Waals surface area contributed by atoms with Crippen LogP contribution in [0.3, 0.4) is 0 Å². The second-order valence-corrected chi connectivity index (χ2v) is 7.03. The summed E-state index contributed by atoms with van der Waals surface area (Å²) in [6.07, 6.45) is 0.735. The average molecular weight is 343 g/mol. The molecule has 1 aliphatic heterocycles. The van der Waals surface area contributed by atoms with Gasteiger partial charge in [-0.1, -0.05) is 34.1 Å². The number of carboxylic acids is 1. The van der Waals surface area contributed by atoms with Crippen LogP contribution in [0.1, 0.15) is 34.1 Å². The summed E-state index contributed by atoms with van der Waals surface area (Å²) in [5.74, 6) is -0.538. The van der Waals surface area contributed by atoms with E-state index < -0.39 is 12.0 Å². The van der Waals surface area contributed by atoms with Gasteiger partial charge in [-0.2, -0.15) is 0 Å². The van der Waals surface area contributed by atoms with E-state index in [0.717, 1.165) is 26.1 Å². The van der Waals surface area contributed by atoms with E-state index in [9.17, 15) is 14.7 Å². The predicted molar refractivity (Wildman–Crippen MR) is 92.9 cm³/mol. The number of aliphatic carboxylic acids is 1. The monoisotopic (exact) mass is 343 g/mol. The molecule has 1 unspecified atom stereocenters. The molecule has 1 fully saturated rings. The van der Waals surface area contributed by atoms with Crippen molar-refractivity contribution in [2.24, 2.45) is 11.8 Å². The standard InChI is InChI=1S/C17H33N3O4/c1-5-13(4)16(17(22)23)19-9-15(21)18-8-14-11-20(6-7-24-14)10-12(2)3/h12-14,16,19H,5-11H2,1-4H3,(H,18,21)(H,22,23)/t13-,14?,16-/m0/s1. The minimum atomic E-state index is -0.919. The van der Waals surface area contributed by atoms with Gasteiger partial charge in [-0.15, -0.1) is 0 Å². The number of hydrogen-bond donors (Lipinski definition) is 3. The first-order valence-corrected chi connectivity index (χ1v) is 8.90. The second-order valence-electron chi connectivity index (χ2n) is 7.03. The van der Waals surface area contributed by atoms with E-state index in [-0.39, 0.29) is 24.5 Å². The van der Waals surface area contributed by atoms with E-state index in [1.165, 1.54) is 0 Å². The van der Waals surface area contributed by atoms with E-state index in [1.54, 1.807) is 0 Å². The molecule has 0 spiro atoms. The molecule has 3 atom stereocenters. The molecule has 24 heavy (non-hydrogen) atoms. The molecule has 140 valence electrons. The van der Waals surface area contributed by atoms with Crippen molar-refractivity contribution in [2.45, 2.75) is 46.3 Å². The molecule has 0 bridgehead atoms. The maximum Gasteiger partial charge on any atom is 0.320 e. The highest BCUT2D eigenvalue weighted by Gasteiger charge is 2.24. The molecule has 7 heteroatoms. The summed E-state index contributed by atoms with van der Waals surface area (Å²) in [4.78, 5) is 25.5. The Bertz CT molecular complexity index is 403. The van der Waals surface area contributed by atoms with Crippen molar-refractivity contribution in [3.05, 3.63) is 0 Å². The van der Waals surface area contributed by atoms with Crippen LogP contribution in [0.2, 0.25) is 0 Å². The number of carbonyl (C=O) groups excluding carboxylic acids is 1. The van der Waals surface area contributed by atoms with Gasteiger partial charge in [0.2, 0.25) is 5.91 Å². The molecule has 1 heterocycles. The summed E-state index contributed by atoms with van der Waals surface area (Å²) in [7, 11) is 0.